The smallest absolute Gasteiger partial charge is 0 e. The Balaban J connectivity index is -0.00000000750. The van der Waals surface area contributed by atoms with E-state index in [2.05, 4.69) is 0 Å². The zero-order valence-corrected chi connectivity index (χ0v) is 5.10. The molecule has 0 atom stereocenters. The Bertz CT molecular complexity index is 35.4. The summed E-state index contributed by atoms with van der Waals surface area (Å²) in [6.45, 7) is 0. The Hall–Kier alpha value is -0.344. The molecule has 0 spiro atoms. The maximum absolute atomic E-state index is 8.33. The SMILES string of the molecule is O.O.O=C([O-])[O-].[Co].[NH4+]. The van der Waals surface area contributed by atoms with Crippen LogP contribution in [0.25, 0.3) is 0 Å². The summed E-state index contributed by atoms with van der Waals surface area (Å²) in [6.07, 6.45) is -2.33. The van der Waals surface area contributed by atoms with E-state index in [0.717, 1.165) is 0 Å². The first-order chi connectivity index (χ1) is 1.73. The van der Waals surface area contributed by atoms with E-state index in [1.807, 2.05) is 0 Å². The molecule has 0 bridgehead atoms. The van der Waals surface area contributed by atoms with Crippen molar-refractivity contribution >= 4 is 6.16 Å². The van der Waals surface area contributed by atoms with E-state index in [4.69, 9.17) is 15.0 Å². The molecule has 0 fully saturated rings. The van der Waals surface area contributed by atoms with Crippen LogP contribution in [0.2, 0.25) is 0 Å². The van der Waals surface area contributed by atoms with Gasteiger partial charge in [-0.25, -0.2) is 0 Å². The van der Waals surface area contributed by atoms with Gasteiger partial charge in [-0.3, -0.25) is 0 Å². The summed E-state index contributed by atoms with van der Waals surface area (Å²) in [5.74, 6) is 0. The van der Waals surface area contributed by atoms with Gasteiger partial charge in [0.05, 0.1) is 0 Å². The molecule has 0 aliphatic rings. The Kier molecular flexibility index (Phi) is 181. The molecule has 0 amide bonds. The van der Waals surface area contributed by atoms with E-state index in [1.165, 1.54) is 0 Å². The molecule has 0 unspecified atom stereocenters. The van der Waals surface area contributed by atoms with Gasteiger partial charge < -0.3 is 32.1 Å². The van der Waals surface area contributed by atoms with E-state index in [1.54, 1.807) is 0 Å². The number of hydrogen-bond acceptors (Lipinski definition) is 3. The summed E-state index contributed by atoms with van der Waals surface area (Å²) in [7, 11) is 0. The first-order valence-corrected chi connectivity index (χ1v) is 0.612. The minimum absolute atomic E-state index is 0. The van der Waals surface area contributed by atoms with Crippen molar-refractivity contribution in [1.82, 2.24) is 6.15 Å². The topological polar surface area (TPSA) is 163 Å². The van der Waals surface area contributed by atoms with Gasteiger partial charge in [-0.15, -0.1) is 0 Å². The number of carbonyl (C=O) groups excluding carboxylic acids is 1. The van der Waals surface area contributed by atoms with Gasteiger partial charge in [0.2, 0.25) is 0 Å². The molecule has 0 aromatic heterocycles. The van der Waals surface area contributed by atoms with Crippen molar-refractivity contribution in [3.8, 4) is 0 Å². The first-order valence-electron chi connectivity index (χ1n) is 0.612. The predicted octanol–water partition coefficient (Wildman–Crippen LogP) is -3.72. The van der Waals surface area contributed by atoms with Gasteiger partial charge in [0.1, 0.15) is 0 Å². The summed E-state index contributed by atoms with van der Waals surface area (Å²) in [6, 6.07) is 0. The summed E-state index contributed by atoms with van der Waals surface area (Å²) in [5, 5.41) is 16.7. The zero-order valence-electron chi connectivity index (χ0n) is 4.06. The van der Waals surface area contributed by atoms with Crippen LogP contribution in [0.15, 0.2) is 0 Å². The van der Waals surface area contributed by atoms with Gasteiger partial charge >= 0.3 is 0 Å². The molecule has 0 saturated carbocycles. The molecule has 0 heterocycles. The third-order valence-electron chi connectivity index (χ3n) is 0. The van der Waals surface area contributed by atoms with Gasteiger partial charge in [-0.05, 0) is 6.16 Å². The minimum atomic E-state index is -2.33. The van der Waals surface area contributed by atoms with Crippen LogP contribution >= 0.6 is 0 Å². The molecule has 6 nitrogen and oxygen atoms in total. The molecule has 0 rings (SSSR count). The molecule has 0 aliphatic heterocycles. The first kappa shape index (κ1) is 48.1. The normalized spacial score (nSPS) is 3.00. The van der Waals surface area contributed by atoms with Crippen LogP contribution in [0.5, 0.6) is 0 Å². The Morgan fingerprint density at radius 2 is 1.12 bits per heavy atom. The third kappa shape index (κ3) is 1040. The fraction of sp³-hybridized carbons (Fsp3) is 0. The van der Waals surface area contributed by atoms with Crippen LogP contribution in [0.3, 0.4) is 0 Å². The number of carbonyl (C=O) groups is 1. The standard InChI is InChI=1S/CH2O3.Co.H3N.2H2O/c2-1(3)4;;;;/h(H2,2,3,4);;1H3;2*1H2/p-1. The van der Waals surface area contributed by atoms with Gasteiger partial charge in [0.15, 0.2) is 0 Å². The molecule has 0 aliphatic carbocycles. The van der Waals surface area contributed by atoms with Crippen LogP contribution in [-0.4, -0.2) is 17.1 Å². The fourth-order valence-corrected chi connectivity index (χ4v) is 0. The molecule has 0 aromatic rings. The summed E-state index contributed by atoms with van der Waals surface area (Å²) < 4.78 is 0. The van der Waals surface area contributed by atoms with Crippen LogP contribution in [0, 0.1) is 0 Å². The Morgan fingerprint density at radius 1 is 1.12 bits per heavy atom. The van der Waals surface area contributed by atoms with E-state index in [0.29, 0.717) is 0 Å². The maximum Gasteiger partial charge on any atom is 0 e. The number of rotatable bonds is 0. The molecule has 7 heteroatoms. The Morgan fingerprint density at radius 3 is 1.12 bits per heavy atom. The van der Waals surface area contributed by atoms with Crippen LogP contribution < -0.4 is 16.4 Å². The second-order valence-corrected chi connectivity index (χ2v) is 0.250. The largest absolute Gasteiger partial charge is 0.652 e. The quantitative estimate of drug-likeness (QED) is 0.398. The minimum Gasteiger partial charge on any atom is -0.652 e. The fourth-order valence-electron chi connectivity index (χ4n) is 0. The van der Waals surface area contributed by atoms with Crippen molar-refractivity contribution in [2.75, 3.05) is 0 Å². The second-order valence-electron chi connectivity index (χ2n) is 0.250. The van der Waals surface area contributed by atoms with Crippen LogP contribution in [-0.2, 0) is 16.8 Å². The molecule has 0 saturated heterocycles. The number of quaternary nitrogens is 1. The average molecular weight is 173 g/mol. The van der Waals surface area contributed by atoms with Crippen molar-refractivity contribution < 1.29 is 42.7 Å². The van der Waals surface area contributed by atoms with Crippen LogP contribution in [0.1, 0.15) is 0 Å². The molecule has 1 radical (unpaired) electrons. The van der Waals surface area contributed by atoms with Crippen molar-refractivity contribution in [2.24, 2.45) is 0 Å². The number of hydrogen-bond donors (Lipinski definition) is 1. The molecule has 8 heavy (non-hydrogen) atoms. The van der Waals surface area contributed by atoms with E-state index < -0.39 is 6.16 Å². The van der Waals surface area contributed by atoms with Crippen LogP contribution in [0.4, 0.5) is 4.79 Å². The van der Waals surface area contributed by atoms with E-state index >= 15 is 0 Å². The van der Waals surface area contributed by atoms with Crippen molar-refractivity contribution in [2.45, 2.75) is 0 Å². The van der Waals surface area contributed by atoms with Gasteiger partial charge in [-0.2, -0.15) is 0 Å². The van der Waals surface area contributed by atoms with Gasteiger partial charge in [0, 0.05) is 16.8 Å². The Labute approximate surface area is 55.9 Å². The van der Waals surface area contributed by atoms with Crippen molar-refractivity contribution in [1.29, 1.82) is 0 Å². The van der Waals surface area contributed by atoms with Gasteiger partial charge in [-0.1, -0.05) is 0 Å². The van der Waals surface area contributed by atoms with Crippen molar-refractivity contribution in [3.63, 3.8) is 0 Å². The molecule has 0 aromatic carbocycles. The second kappa shape index (κ2) is 30.2. The summed E-state index contributed by atoms with van der Waals surface area (Å²) in [4.78, 5) is 8.33. The van der Waals surface area contributed by atoms with E-state index in [9.17, 15) is 0 Å². The van der Waals surface area contributed by atoms with E-state index in [-0.39, 0.29) is 33.9 Å². The molecular formula is CH8CoNO5-. The summed E-state index contributed by atoms with van der Waals surface area (Å²) >= 11 is 0. The third-order valence-corrected chi connectivity index (χ3v) is 0. The number of carboxylic acid groups (broad SMARTS) is 2. The zero-order chi connectivity index (χ0) is 3.58. The van der Waals surface area contributed by atoms with Crippen molar-refractivity contribution in [3.05, 3.63) is 0 Å². The maximum atomic E-state index is 8.33. The monoisotopic (exact) mass is 173 g/mol. The predicted molar refractivity (Wildman–Crippen MR) is 18.6 cm³/mol. The molecular weight excluding hydrogens is 165 g/mol. The summed E-state index contributed by atoms with van der Waals surface area (Å²) in [5.41, 5.74) is 0. The molecule has 57 valence electrons. The average Bonchev–Trinajstić information content (AvgIpc) is 0.811. The van der Waals surface area contributed by atoms with Gasteiger partial charge in [0.25, 0.3) is 0 Å². The molecule has 8 N–H and O–H groups in total.